The van der Waals surface area contributed by atoms with E-state index >= 15 is 0 Å². The number of rotatable bonds is 8. The van der Waals surface area contributed by atoms with Gasteiger partial charge >= 0.3 is 10.1 Å². The van der Waals surface area contributed by atoms with E-state index < -0.39 is 20.1 Å². The summed E-state index contributed by atoms with van der Waals surface area (Å²) in [6.07, 6.45) is 0.986. The van der Waals surface area contributed by atoms with Gasteiger partial charge in [-0.25, -0.2) is 8.42 Å². The predicted molar refractivity (Wildman–Crippen MR) is 109 cm³/mol. The molecule has 3 rings (SSSR count). The Morgan fingerprint density at radius 2 is 1.50 bits per heavy atom. The summed E-state index contributed by atoms with van der Waals surface area (Å²) >= 11 is 0. The van der Waals surface area contributed by atoms with Crippen molar-refractivity contribution < 1.29 is 30.6 Å². The van der Waals surface area contributed by atoms with Crippen LogP contribution in [-0.4, -0.2) is 53.2 Å². The van der Waals surface area contributed by atoms with Crippen molar-refractivity contribution in [2.75, 3.05) is 26.3 Å². The summed E-state index contributed by atoms with van der Waals surface area (Å²) in [5.41, 5.74) is 0.896. The van der Waals surface area contributed by atoms with Gasteiger partial charge in [0.2, 0.25) is 10.0 Å². The van der Waals surface area contributed by atoms with Crippen molar-refractivity contribution in [3.05, 3.63) is 54.1 Å². The first-order chi connectivity index (χ1) is 14.2. The Hall–Kier alpha value is -2.27. The summed E-state index contributed by atoms with van der Waals surface area (Å²) in [7, 11) is -7.83. The molecule has 2 aromatic carbocycles. The number of nitrogens with zero attached hydrogens (tertiary/aromatic N) is 1. The highest BCUT2D eigenvalue weighted by Gasteiger charge is 2.27. The Balaban J connectivity index is 1.71. The molecule has 0 saturated carbocycles. The van der Waals surface area contributed by atoms with Crippen LogP contribution in [0.2, 0.25) is 0 Å². The third kappa shape index (κ3) is 5.45. The maximum atomic E-state index is 12.6. The minimum Gasteiger partial charge on any atom is -0.379 e. The van der Waals surface area contributed by atoms with Crippen molar-refractivity contribution in [3.63, 3.8) is 0 Å². The quantitative estimate of drug-likeness (QED) is 0.563. The molecule has 1 aliphatic rings. The molecule has 2 aromatic rings. The summed E-state index contributed by atoms with van der Waals surface area (Å²) in [6, 6.07) is 11.4. The summed E-state index contributed by atoms with van der Waals surface area (Å²) in [5.74, 6) is 0.212. The summed E-state index contributed by atoms with van der Waals surface area (Å²) < 4.78 is 61.9. The van der Waals surface area contributed by atoms with Crippen LogP contribution < -0.4 is 4.18 Å². The van der Waals surface area contributed by atoms with Gasteiger partial charge in [0, 0.05) is 19.5 Å². The van der Waals surface area contributed by atoms with Crippen molar-refractivity contribution in [3.8, 4) is 5.75 Å². The van der Waals surface area contributed by atoms with Crippen LogP contribution in [0.25, 0.3) is 0 Å². The lowest BCUT2D eigenvalue weighted by atomic mass is 10.1. The molecular formula is C20H23NO7S2. The Labute approximate surface area is 176 Å². The van der Waals surface area contributed by atoms with Gasteiger partial charge in [0.05, 0.1) is 18.1 Å². The lowest BCUT2D eigenvalue weighted by molar-refractivity contribution is -0.116. The average molecular weight is 454 g/mol. The third-order valence-corrected chi connectivity index (χ3v) is 7.79. The van der Waals surface area contributed by atoms with E-state index in [1.807, 2.05) is 0 Å². The zero-order chi connectivity index (χ0) is 21.8. The minimum absolute atomic E-state index is 0.0122. The van der Waals surface area contributed by atoms with Gasteiger partial charge in [0.15, 0.2) is 0 Å². The highest BCUT2D eigenvalue weighted by atomic mass is 32.2. The number of ether oxygens (including phenoxy) is 1. The highest BCUT2D eigenvalue weighted by Crippen LogP contribution is 2.23. The molecule has 0 radical (unpaired) electrons. The molecule has 8 nitrogen and oxygen atoms in total. The number of Topliss-reactive ketones (excluding diaryl/α,β-unsaturated/α-hetero) is 1. The van der Waals surface area contributed by atoms with E-state index in [9.17, 15) is 21.6 Å². The second-order valence-electron chi connectivity index (χ2n) is 6.87. The number of hydrogen-bond donors (Lipinski definition) is 0. The van der Waals surface area contributed by atoms with Crippen LogP contribution in [0.4, 0.5) is 0 Å². The van der Waals surface area contributed by atoms with Crippen molar-refractivity contribution >= 4 is 25.9 Å². The summed E-state index contributed by atoms with van der Waals surface area (Å²) in [6.45, 7) is 2.68. The molecule has 162 valence electrons. The molecule has 30 heavy (non-hydrogen) atoms. The van der Waals surface area contributed by atoms with E-state index in [1.165, 1.54) is 47.6 Å². The molecule has 0 unspecified atom stereocenters. The monoisotopic (exact) mass is 453 g/mol. The van der Waals surface area contributed by atoms with E-state index in [4.69, 9.17) is 8.92 Å². The maximum Gasteiger partial charge on any atom is 0.339 e. The van der Waals surface area contributed by atoms with Gasteiger partial charge in [-0.05, 0) is 55.3 Å². The summed E-state index contributed by atoms with van der Waals surface area (Å²) in [4.78, 5) is 10.9. The number of benzene rings is 2. The molecule has 1 heterocycles. The van der Waals surface area contributed by atoms with Crippen molar-refractivity contribution in [1.29, 1.82) is 0 Å². The molecule has 0 aliphatic carbocycles. The summed E-state index contributed by atoms with van der Waals surface area (Å²) in [5, 5.41) is 0. The Morgan fingerprint density at radius 3 is 2.07 bits per heavy atom. The predicted octanol–water partition coefficient (Wildman–Crippen LogP) is 2.00. The molecule has 0 aromatic heterocycles. The highest BCUT2D eigenvalue weighted by molar-refractivity contribution is 7.89. The van der Waals surface area contributed by atoms with Gasteiger partial charge in [-0.15, -0.1) is 0 Å². The second-order valence-corrected chi connectivity index (χ2v) is 10.4. The Kier molecular flexibility index (Phi) is 6.91. The van der Waals surface area contributed by atoms with Crippen LogP contribution in [0.3, 0.4) is 0 Å². The lowest BCUT2D eigenvalue weighted by Crippen LogP contribution is -2.40. The molecule has 0 atom stereocenters. The van der Waals surface area contributed by atoms with E-state index in [-0.39, 0.29) is 34.4 Å². The SMILES string of the molecule is CC(=O)CCc1ccc(OS(=O)(=O)c2ccc(S(=O)(=O)N3CCOCC3)cc2)cc1. The van der Waals surface area contributed by atoms with Gasteiger partial charge in [0.25, 0.3) is 0 Å². The fraction of sp³-hybridized carbons (Fsp3) is 0.350. The molecule has 1 fully saturated rings. The second kappa shape index (κ2) is 9.25. The molecule has 0 spiro atoms. The Morgan fingerprint density at radius 1 is 0.933 bits per heavy atom. The van der Waals surface area contributed by atoms with Crippen LogP contribution in [-0.2, 0) is 36.1 Å². The molecule has 10 heteroatoms. The van der Waals surface area contributed by atoms with Crippen LogP contribution in [0.15, 0.2) is 58.3 Å². The number of carbonyl (C=O) groups is 1. The number of aryl methyl sites for hydroxylation is 1. The van der Waals surface area contributed by atoms with Crippen LogP contribution >= 0.6 is 0 Å². The first kappa shape index (κ1) is 22.4. The van der Waals surface area contributed by atoms with Crippen molar-refractivity contribution in [1.82, 2.24) is 4.31 Å². The average Bonchev–Trinajstić information content (AvgIpc) is 2.74. The first-order valence-electron chi connectivity index (χ1n) is 9.39. The van der Waals surface area contributed by atoms with Gasteiger partial charge in [-0.3, -0.25) is 0 Å². The van der Waals surface area contributed by atoms with E-state index in [0.29, 0.717) is 26.1 Å². The van der Waals surface area contributed by atoms with Crippen LogP contribution in [0.1, 0.15) is 18.9 Å². The van der Waals surface area contributed by atoms with E-state index in [0.717, 1.165) is 5.56 Å². The number of hydrogen-bond acceptors (Lipinski definition) is 7. The van der Waals surface area contributed by atoms with Gasteiger partial charge < -0.3 is 13.7 Å². The van der Waals surface area contributed by atoms with Gasteiger partial charge in [-0.2, -0.15) is 12.7 Å². The number of ketones is 1. The molecule has 0 bridgehead atoms. The molecular weight excluding hydrogens is 430 g/mol. The van der Waals surface area contributed by atoms with E-state index in [2.05, 4.69) is 0 Å². The topological polar surface area (TPSA) is 107 Å². The number of morpholine rings is 1. The largest absolute Gasteiger partial charge is 0.379 e. The van der Waals surface area contributed by atoms with Gasteiger partial charge in [-0.1, -0.05) is 12.1 Å². The van der Waals surface area contributed by atoms with E-state index in [1.54, 1.807) is 12.1 Å². The standard InChI is InChI=1S/C20H23NO7S2/c1-16(22)2-3-17-4-6-18(7-5-17)28-30(25,26)20-10-8-19(9-11-20)29(23,24)21-12-14-27-15-13-21/h4-11H,2-3,12-15H2,1H3. The van der Waals surface area contributed by atoms with Crippen LogP contribution in [0.5, 0.6) is 5.75 Å². The molecule has 1 aliphatic heterocycles. The minimum atomic E-state index is -4.12. The lowest BCUT2D eigenvalue weighted by Gasteiger charge is -2.26. The number of sulfonamides is 1. The molecule has 0 N–H and O–H groups in total. The fourth-order valence-corrected chi connectivity index (χ4v) is 5.26. The molecule has 0 amide bonds. The maximum absolute atomic E-state index is 12.6. The number of carbonyl (C=O) groups excluding carboxylic acids is 1. The van der Waals surface area contributed by atoms with Crippen LogP contribution in [0, 0.1) is 0 Å². The van der Waals surface area contributed by atoms with Gasteiger partial charge in [0.1, 0.15) is 16.4 Å². The van der Waals surface area contributed by atoms with Crippen molar-refractivity contribution in [2.45, 2.75) is 29.6 Å². The normalized spacial score (nSPS) is 15.6. The fourth-order valence-electron chi connectivity index (χ4n) is 2.92. The zero-order valence-electron chi connectivity index (χ0n) is 16.5. The third-order valence-electron chi connectivity index (χ3n) is 4.62. The Bertz CT molecular complexity index is 1090. The van der Waals surface area contributed by atoms with Crippen molar-refractivity contribution in [2.24, 2.45) is 0 Å². The zero-order valence-corrected chi connectivity index (χ0v) is 18.1. The first-order valence-corrected chi connectivity index (χ1v) is 12.2. The smallest absolute Gasteiger partial charge is 0.339 e. The molecule has 1 saturated heterocycles.